The van der Waals surface area contributed by atoms with Gasteiger partial charge in [0.2, 0.25) is 0 Å². The first-order valence-corrected chi connectivity index (χ1v) is 11.2. The molecule has 0 atom stereocenters. The van der Waals surface area contributed by atoms with E-state index in [9.17, 15) is 4.79 Å². The smallest absolute Gasteiger partial charge is 0.335 e. The Kier molecular flexibility index (Phi) is 12.0. The Morgan fingerprint density at radius 2 is 1.55 bits per heavy atom. The summed E-state index contributed by atoms with van der Waals surface area (Å²) in [6.07, 6.45) is 14.0. The first-order valence-electron chi connectivity index (χ1n) is 11.2. The van der Waals surface area contributed by atoms with Crippen LogP contribution in [0.5, 0.6) is 11.5 Å². The molecule has 6 heteroatoms. The van der Waals surface area contributed by atoms with Crippen molar-refractivity contribution in [3.63, 3.8) is 0 Å². The number of esters is 1. The zero-order valence-electron chi connectivity index (χ0n) is 18.7. The van der Waals surface area contributed by atoms with Crippen molar-refractivity contribution in [1.29, 1.82) is 0 Å². The van der Waals surface area contributed by atoms with Crippen LogP contribution in [-0.4, -0.2) is 35.8 Å². The van der Waals surface area contributed by atoms with Gasteiger partial charge in [0.25, 0.3) is 0 Å². The fourth-order valence-electron chi connectivity index (χ4n) is 2.76. The number of carbonyl (C=O) groups is 1. The van der Waals surface area contributed by atoms with Crippen LogP contribution in [0.1, 0.15) is 58.8 Å². The number of benzene rings is 1. The largest absolute Gasteiger partial charge is 0.490 e. The Morgan fingerprint density at radius 1 is 0.871 bits per heavy atom. The highest BCUT2D eigenvalue weighted by atomic mass is 16.5. The molecule has 0 aliphatic heterocycles. The Balaban J connectivity index is 1.70. The molecule has 1 aromatic carbocycles. The van der Waals surface area contributed by atoms with Crippen LogP contribution < -0.4 is 9.47 Å². The number of unbranched alkanes of at least 4 members (excludes halogenated alkanes) is 4. The van der Waals surface area contributed by atoms with Crippen LogP contribution in [0, 0.1) is 0 Å². The Hall–Kier alpha value is -2.73. The summed E-state index contributed by atoms with van der Waals surface area (Å²) in [5.74, 6) is 1.36. The minimum atomic E-state index is -0.373. The third kappa shape index (κ3) is 10.2. The van der Waals surface area contributed by atoms with Gasteiger partial charge >= 0.3 is 5.97 Å². The van der Waals surface area contributed by atoms with Crippen LogP contribution in [0.2, 0.25) is 0 Å². The van der Waals surface area contributed by atoms with Gasteiger partial charge in [-0.05, 0) is 49.9 Å². The molecule has 0 aliphatic carbocycles. The maximum absolute atomic E-state index is 11.7. The highest BCUT2D eigenvalue weighted by molar-refractivity contribution is 5.84. The number of hydrogen-bond acceptors (Lipinski definition) is 6. The monoisotopic (exact) mass is 426 g/mol. The summed E-state index contributed by atoms with van der Waals surface area (Å²) in [6, 6.07) is 7.13. The molecule has 1 heterocycles. The Morgan fingerprint density at radius 3 is 2.23 bits per heavy atom. The maximum Gasteiger partial charge on any atom is 0.335 e. The van der Waals surface area contributed by atoms with Crippen LogP contribution in [0.3, 0.4) is 0 Å². The number of nitrogens with zero attached hydrogens (tertiary/aromatic N) is 2. The maximum atomic E-state index is 11.7. The molecule has 6 nitrogen and oxygen atoms in total. The van der Waals surface area contributed by atoms with Gasteiger partial charge in [-0.1, -0.05) is 39.2 Å². The van der Waals surface area contributed by atoms with Crippen LogP contribution in [0.15, 0.2) is 48.8 Å². The average molecular weight is 427 g/mol. The molecule has 0 unspecified atom stereocenters. The van der Waals surface area contributed by atoms with Crippen LogP contribution in [0.4, 0.5) is 0 Å². The van der Waals surface area contributed by atoms with Gasteiger partial charge in [-0.2, -0.15) is 0 Å². The van der Waals surface area contributed by atoms with E-state index in [1.165, 1.54) is 18.9 Å². The topological polar surface area (TPSA) is 70.5 Å². The lowest BCUT2D eigenvalue weighted by Crippen LogP contribution is -2.03. The van der Waals surface area contributed by atoms with Gasteiger partial charge in [-0.3, -0.25) is 0 Å². The molecule has 0 N–H and O–H groups in total. The molecule has 1 aromatic heterocycles. The summed E-state index contributed by atoms with van der Waals surface area (Å²) in [6.45, 7) is 6.50. The predicted octanol–water partition coefficient (Wildman–Crippen LogP) is 5.77. The molecule has 0 spiro atoms. The molecule has 0 fully saturated rings. The van der Waals surface area contributed by atoms with Crippen LogP contribution in [0.25, 0.3) is 11.4 Å². The minimum absolute atomic E-state index is 0.373. The molecule has 2 rings (SSSR count). The molecular weight excluding hydrogens is 392 g/mol. The second-order valence-corrected chi connectivity index (χ2v) is 7.25. The minimum Gasteiger partial charge on any atom is -0.490 e. The highest BCUT2D eigenvalue weighted by Gasteiger charge is 2.05. The van der Waals surface area contributed by atoms with Crippen molar-refractivity contribution in [2.45, 2.75) is 58.8 Å². The molecule has 2 aromatic rings. The van der Waals surface area contributed by atoms with Gasteiger partial charge in [-0.25, -0.2) is 14.8 Å². The fraction of sp³-hybridized carbons (Fsp3) is 0.480. The van der Waals surface area contributed by atoms with Crippen molar-refractivity contribution >= 4 is 5.97 Å². The third-order valence-corrected chi connectivity index (χ3v) is 4.51. The van der Waals surface area contributed by atoms with Crippen molar-refractivity contribution < 1.29 is 19.0 Å². The van der Waals surface area contributed by atoms with Gasteiger partial charge < -0.3 is 14.2 Å². The molecule has 0 saturated carbocycles. The molecule has 168 valence electrons. The second-order valence-electron chi connectivity index (χ2n) is 7.25. The SMILES string of the molecule is CCC/C=C/C(=O)Oc1ccc(-c2ncc(OCCCCOCCCCC)cn2)cc1. The van der Waals surface area contributed by atoms with E-state index in [0.717, 1.165) is 50.9 Å². The number of aromatic nitrogens is 2. The van der Waals surface area contributed by atoms with Crippen molar-refractivity contribution in [3.05, 3.63) is 48.8 Å². The van der Waals surface area contributed by atoms with Crippen molar-refractivity contribution in [1.82, 2.24) is 9.97 Å². The predicted molar refractivity (Wildman–Crippen MR) is 122 cm³/mol. The summed E-state index contributed by atoms with van der Waals surface area (Å²) in [5, 5.41) is 0. The van der Waals surface area contributed by atoms with Crippen molar-refractivity contribution in [2.75, 3.05) is 19.8 Å². The van der Waals surface area contributed by atoms with Crippen LogP contribution in [-0.2, 0) is 9.53 Å². The van der Waals surface area contributed by atoms with E-state index < -0.39 is 0 Å². The Labute approximate surface area is 185 Å². The third-order valence-electron chi connectivity index (χ3n) is 4.51. The molecule has 0 aliphatic rings. The summed E-state index contributed by atoms with van der Waals surface area (Å²) in [7, 11) is 0. The number of allylic oxidation sites excluding steroid dienone is 1. The lowest BCUT2D eigenvalue weighted by atomic mass is 10.2. The lowest BCUT2D eigenvalue weighted by molar-refractivity contribution is -0.129. The van der Waals surface area contributed by atoms with Crippen molar-refractivity contribution in [2.24, 2.45) is 0 Å². The van der Waals surface area contributed by atoms with E-state index in [-0.39, 0.29) is 5.97 Å². The number of ether oxygens (including phenoxy) is 3. The number of hydrogen-bond donors (Lipinski definition) is 0. The van der Waals surface area contributed by atoms with E-state index in [1.807, 2.05) is 18.2 Å². The zero-order valence-corrected chi connectivity index (χ0v) is 18.7. The summed E-state index contributed by atoms with van der Waals surface area (Å²) in [4.78, 5) is 20.5. The standard InChI is InChI=1S/C25H34N2O4/c1-3-5-7-11-24(28)31-22-14-12-21(13-15-22)25-26-19-23(20-27-25)30-18-10-9-17-29-16-8-6-4-2/h7,11-15,19-20H,3-6,8-10,16-18H2,1-2H3/b11-7+. The van der Waals surface area contributed by atoms with E-state index >= 15 is 0 Å². The lowest BCUT2D eigenvalue weighted by Gasteiger charge is -2.07. The van der Waals surface area contributed by atoms with Gasteiger partial charge in [-0.15, -0.1) is 0 Å². The normalized spacial score (nSPS) is 11.0. The van der Waals surface area contributed by atoms with E-state index in [2.05, 4.69) is 23.8 Å². The molecule has 0 saturated heterocycles. The fourth-order valence-corrected chi connectivity index (χ4v) is 2.76. The van der Waals surface area contributed by atoms with E-state index in [1.54, 1.807) is 24.5 Å². The second kappa shape index (κ2) is 15.1. The van der Waals surface area contributed by atoms with Crippen molar-refractivity contribution in [3.8, 4) is 22.9 Å². The molecule has 31 heavy (non-hydrogen) atoms. The van der Waals surface area contributed by atoms with Gasteiger partial charge in [0.1, 0.15) is 5.75 Å². The molecular formula is C25H34N2O4. The van der Waals surface area contributed by atoms with Gasteiger partial charge in [0.15, 0.2) is 11.6 Å². The molecule has 0 bridgehead atoms. The summed E-state index contributed by atoms with van der Waals surface area (Å²) >= 11 is 0. The Bertz CT molecular complexity index is 773. The molecule has 0 radical (unpaired) electrons. The van der Waals surface area contributed by atoms with Gasteiger partial charge in [0.05, 0.1) is 19.0 Å². The quantitative estimate of drug-likeness (QED) is 0.156. The van der Waals surface area contributed by atoms with E-state index in [4.69, 9.17) is 14.2 Å². The molecule has 0 amide bonds. The highest BCUT2D eigenvalue weighted by Crippen LogP contribution is 2.20. The zero-order chi connectivity index (χ0) is 22.2. The average Bonchev–Trinajstić information content (AvgIpc) is 2.79. The summed E-state index contributed by atoms with van der Waals surface area (Å²) < 4.78 is 16.6. The first-order chi connectivity index (χ1) is 15.2. The van der Waals surface area contributed by atoms with Crippen LogP contribution >= 0.6 is 0 Å². The number of carbonyl (C=O) groups excluding carboxylic acids is 1. The van der Waals surface area contributed by atoms with Gasteiger partial charge in [0, 0.05) is 24.9 Å². The number of rotatable bonds is 15. The first kappa shape index (κ1) is 24.5. The van der Waals surface area contributed by atoms with E-state index in [0.29, 0.717) is 23.9 Å². The summed E-state index contributed by atoms with van der Waals surface area (Å²) in [5.41, 5.74) is 0.841.